The summed E-state index contributed by atoms with van der Waals surface area (Å²) >= 11 is 5.01. The molecule has 3 aromatic carbocycles. The number of fused-ring (bicyclic) bond motifs is 3. The number of para-hydroxylation sites is 1. The minimum atomic E-state index is -0.591. The van der Waals surface area contributed by atoms with Crippen molar-refractivity contribution < 1.29 is 39.8 Å². The number of piperidine rings is 3. The number of anilines is 1. The molecule has 3 aromatic rings. The van der Waals surface area contributed by atoms with E-state index in [9.17, 15) is 13.6 Å². The van der Waals surface area contributed by atoms with Crippen LogP contribution in [-0.4, -0.2) is 36.3 Å². The molecule has 0 N–H and O–H groups in total. The zero-order valence-electron chi connectivity index (χ0n) is 19.8. The van der Waals surface area contributed by atoms with Crippen molar-refractivity contribution in [3.63, 3.8) is 0 Å². The summed E-state index contributed by atoms with van der Waals surface area (Å²) in [5, 5.41) is 0.000498. The molecular weight excluding hydrogens is 546 g/mol. The number of halogens is 3. The summed E-state index contributed by atoms with van der Waals surface area (Å²) in [7, 11) is 0. The number of amides is 1. The summed E-state index contributed by atoms with van der Waals surface area (Å²) in [5.74, 6) is -0.596. The van der Waals surface area contributed by atoms with Crippen LogP contribution < -0.4 is 21.9 Å². The van der Waals surface area contributed by atoms with Gasteiger partial charge in [-0.05, 0) is 29.8 Å². The van der Waals surface area contributed by atoms with Crippen LogP contribution in [0.25, 0.3) is 0 Å². The standard InChI is InChI=1S/C28H28F2N2O2S.BrH/c29-23-12-10-20(11-13-23)18-31(25-9-5-4-8-24(25)30)28(33)34-26-19-32(16-14-21(26)15-17-32)27(35)22-6-2-1-3-7-22;/h1-13,21,26-27H,14-19H2;1H/t21?,26-,27?,32?;/m0./s1. The molecule has 2 bridgehead atoms. The summed E-state index contributed by atoms with van der Waals surface area (Å²) < 4.78 is 35.0. The van der Waals surface area contributed by atoms with Crippen molar-refractivity contribution in [2.45, 2.75) is 30.9 Å². The number of thiol groups is 1. The predicted molar refractivity (Wildman–Crippen MR) is 135 cm³/mol. The molecule has 8 heteroatoms. The largest absolute Gasteiger partial charge is 1.00 e. The van der Waals surface area contributed by atoms with Crippen LogP contribution in [0.4, 0.5) is 19.3 Å². The van der Waals surface area contributed by atoms with E-state index in [0.29, 0.717) is 12.1 Å². The highest BCUT2D eigenvalue weighted by molar-refractivity contribution is 7.80. The predicted octanol–water partition coefficient (Wildman–Crippen LogP) is 3.35. The highest BCUT2D eigenvalue weighted by Crippen LogP contribution is 2.44. The van der Waals surface area contributed by atoms with Crippen molar-refractivity contribution in [3.8, 4) is 0 Å². The molecule has 2 atom stereocenters. The van der Waals surface area contributed by atoms with Crippen LogP contribution in [-0.2, 0) is 11.3 Å². The van der Waals surface area contributed by atoms with E-state index in [-0.39, 0.29) is 52.4 Å². The second-order valence-electron chi connectivity index (χ2n) is 9.56. The Hall–Kier alpha value is -2.42. The molecule has 3 aliphatic heterocycles. The second-order valence-corrected chi connectivity index (χ2v) is 10.0. The maximum atomic E-state index is 14.7. The normalized spacial score (nSPS) is 23.4. The van der Waals surface area contributed by atoms with Crippen molar-refractivity contribution in [1.29, 1.82) is 0 Å². The minimum absolute atomic E-state index is 0. The first-order valence-electron chi connectivity index (χ1n) is 12.0. The summed E-state index contributed by atoms with van der Waals surface area (Å²) in [5.41, 5.74) is 1.98. The van der Waals surface area contributed by atoms with Crippen LogP contribution in [0.3, 0.4) is 0 Å². The fraction of sp³-hybridized carbons (Fsp3) is 0.321. The third-order valence-electron chi connectivity index (χ3n) is 7.45. The van der Waals surface area contributed by atoms with Crippen molar-refractivity contribution in [2.75, 3.05) is 24.5 Å². The van der Waals surface area contributed by atoms with E-state index in [4.69, 9.17) is 17.4 Å². The van der Waals surface area contributed by atoms with Gasteiger partial charge in [0, 0.05) is 24.3 Å². The van der Waals surface area contributed by atoms with Gasteiger partial charge in [0.15, 0.2) is 11.5 Å². The van der Waals surface area contributed by atoms with Gasteiger partial charge in [-0.1, -0.05) is 54.6 Å². The third kappa shape index (κ3) is 5.45. The molecule has 190 valence electrons. The summed E-state index contributed by atoms with van der Waals surface area (Å²) in [4.78, 5) is 14.8. The molecule has 3 aliphatic rings. The Kier molecular flexibility index (Phi) is 8.37. The van der Waals surface area contributed by atoms with Crippen molar-refractivity contribution in [1.82, 2.24) is 0 Å². The van der Waals surface area contributed by atoms with E-state index in [0.717, 1.165) is 36.0 Å². The number of carbonyl (C=O) groups excluding carboxylic acids is 1. The number of hydrogen-bond donors (Lipinski definition) is 1. The van der Waals surface area contributed by atoms with Crippen LogP contribution in [0.5, 0.6) is 0 Å². The smallest absolute Gasteiger partial charge is 0.415 e. The van der Waals surface area contributed by atoms with Gasteiger partial charge in [0.25, 0.3) is 0 Å². The molecule has 36 heavy (non-hydrogen) atoms. The third-order valence-corrected chi connectivity index (χ3v) is 8.23. The maximum absolute atomic E-state index is 14.7. The van der Waals surface area contributed by atoms with Gasteiger partial charge in [0.2, 0.25) is 0 Å². The van der Waals surface area contributed by atoms with Crippen LogP contribution in [0, 0.1) is 17.6 Å². The Balaban J connectivity index is 0.00000304. The van der Waals surface area contributed by atoms with Gasteiger partial charge in [0.1, 0.15) is 18.2 Å². The number of benzene rings is 3. The van der Waals surface area contributed by atoms with E-state index in [1.54, 1.807) is 30.3 Å². The molecule has 1 unspecified atom stereocenters. The molecule has 3 heterocycles. The average Bonchev–Trinajstić information content (AvgIpc) is 2.89. The Morgan fingerprint density at radius 1 is 0.972 bits per heavy atom. The second kappa shape index (κ2) is 11.3. The number of ether oxygens (including phenoxy) is 1. The molecule has 0 aliphatic carbocycles. The fourth-order valence-electron chi connectivity index (χ4n) is 5.47. The molecule has 6 rings (SSSR count). The number of hydrogen-bond acceptors (Lipinski definition) is 3. The Bertz CT molecular complexity index is 1170. The van der Waals surface area contributed by atoms with Gasteiger partial charge in [-0.2, -0.15) is 0 Å². The fourth-order valence-corrected chi connectivity index (χ4v) is 5.96. The first kappa shape index (κ1) is 26.6. The first-order valence-corrected chi connectivity index (χ1v) is 12.5. The lowest BCUT2D eigenvalue weighted by Gasteiger charge is -2.54. The molecule has 0 aromatic heterocycles. The van der Waals surface area contributed by atoms with Crippen LogP contribution in [0.1, 0.15) is 29.3 Å². The average molecular weight is 576 g/mol. The highest BCUT2D eigenvalue weighted by Gasteiger charge is 2.51. The van der Waals surface area contributed by atoms with Crippen LogP contribution in [0.2, 0.25) is 0 Å². The molecule has 0 saturated carbocycles. The van der Waals surface area contributed by atoms with Crippen LogP contribution in [0.15, 0.2) is 78.9 Å². The van der Waals surface area contributed by atoms with Gasteiger partial charge >= 0.3 is 6.09 Å². The number of carbonyl (C=O) groups is 1. The monoisotopic (exact) mass is 574 g/mol. The summed E-state index contributed by atoms with van der Waals surface area (Å²) in [6.07, 6.45) is 1.05. The zero-order valence-corrected chi connectivity index (χ0v) is 22.3. The number of nitrogens with zero attached hydrogens (tertiary/aromatic N) is 2. The van der Waals surface area contributed by atoms with E-state index in [2.05, 4.69) is 12.1 Å². The molecule has 3 fully saturated rings. The lowest BCUT2D eigenvalue weighted by atomic mass is 9.82. The molecule has 3 saturated heterocycles. The molecule has 1 amide bonds. The Morgan fingerprint density at radius 2 is 1.61 bits per heavy atom. The highest BCUT2D eigenvalue weighted by atomic mass is 79.9. The van der Waals surface area contributed by atoms with Gasteiger partial charge in [-0.3, -0.25) is 4.90 Å². The molecule has 4 nitrogen and oxygen atoms in total. The Morgan fingerprint density at radius 3 is 2.28 bits per heavy atom. The molecule has 0 spiro atoms. The van der Waals surface area contributed by atoms with Gasteiger partial charge in [-0.15, -0.1) is 12.6 Å². The lowest BCUT2D eigenvalue weighted by Crippen LogP contribution is -3.00. The number of quaternary nitrogens is 1. The molecule has 0 radical (unpaired) electrons. The molecular formula is C28H29BrF2N2O2S. The minimum Gasteiger partial charge on any atom is -1.00 e. The Labute approximate surface area is 226 Å². The van der Waals surface area contributed by atoms with E-state index < -0.39 is 11.9 Å². The van der Waals surface area contributed by atoms with Gasteiger partial charge in [-0.25, -0.2) is 13.6 Å². The van der Waals surface area contributed by atoms with Crippen molar-refractivity contribution in [2.24, 2.45) is 5.92 Å². The van der Waals surface area contributed by atoms with Gasteiger partial charge < -0.3 is 26.2 Å². The summed E-state index contributed by atoms with van der Waals surface area (Å²) in [6.45, 7) is 2.75. The van der Waals surface area contributed by atoms with Crippen LogP contribution >= 0.6 is 12.6 Å². The summed E-state index contributed by atoms with van der Waals surface area (Å²) in [6, 6.07) is 22.2. The zero-order chi connectivity index (χ0) is 24.4. The van der Waals surface area contributed by atoms with Crippen molar-refractivity contribution in [3.05, 3.63) is 102 Å². The topological polar surface area (TPSA) is 29.5 Å². The SMILES string of the molecule is O=C(O[C@H]1C[N+]2(C(S)c3ccccc3)CCC1CC2)N(Cc1ccc(F)cc1)c1ccccc1F.[Br-]. The van der Waals surface area contributed by atoms with E-state index >= 15 is 0 Å². The van der Waals surface area contributed by atoms with Crippen molar-refractivity contribution >= 4 is 24.4 Å². The first-order chi connectivity index (χ1) is 16.9. The van der Waals surface area contributed by atoms with Gasteiger partial charge in [0.05, 0.1) is 25.3 Å². The quantitative estimate of drug-likeness (QED) is 0.361. The van der Waals surface area contributed by atoms with E-state index in [1.165, 1.54) is 23.1 Å². The number of rotatable bonds is 6. The maximum Gasteiger partial charge on any atom is 0.415 e. The van der Waals surface area contributed by atoms with E-state index in [1.807, 2.05) is 18.2 Å². The lowest BCUT2D eigenvalue weighted by molar-refractivity contribution is -0.959.